The van der Waals surface area contributed by atoms with Crippen molar-refractivity contribution in [3.8, 4) is 0 Å². The lowest BCUT2D eigenvalue weighted by molar-refractivity contribution is 0.176. The fourth-order valence-corrected chi connectivity index (χ4v) is 4.04. The average Bonchev–Trinajstić information content (AvgIpc) is 2.45. The van der Waals surface area contributed by atoms with E-state index in [0.29, 0.717) is 16.9 Å². The molecule has 1 aliphatic carbocycles. The van der Waals surface area contributed by atoms with Gasteiger partial charge in [-0.2, -0.15) is 0 Å². The van der Waals surface area contributed by atoms with Crippen LogP contribution in [0.15, 0.2) is 18.2 Å². The van der Waals surface area contributed by atoms with E-state index < -0.39 is 0 Å². The van der Waals surface area contributed by atoms with E-state index in [1.54, 1.807) is 0 Å². The molecule has 0 aliphatic heterocycles. The van der Waals surface area contributed by atoms with Crippen molar-refractivity contribution in [2.45, 2.75) is 45.4 Å². The third-order valence-corrected chi connectivity index (χ3v) is 5.62. The van der Waals surface area contributed by atoms with Gasteiger partial charge in [0.2, 0.25) is 0 Å². The normalized spacial score (nSPS) is 26.7. The molecule has 0 amide bonds. The highest BCUT2D eigenvalue weighted by molar-refractivity contribution is 6.42. The Morgan fingerprint density at radius 3 is 2.70 bits per heavy atom. The fourth-order valence-electron chi connectivity index (χ4n) is 3.64. The van der Waals surface area contributed by atoms with Gasteiger partial charge in [0.25, 0.3) is 0 Å². The van der Waals surface area contributed by atoms with Gasteiger partial charge in [0.15, 0.2) is 0 Å². The summed E-state index contributed by atoms with van der Waals surface area (Å²) in [5.41, 5.74) is 7.16. The Hall–Kier alpha value is -0.240. The number of hydrogen-bond donors (Lipinski definition) is 1. The van der Waals surface area contributed by atoms with Gasteiger partial charge in [-0.25, -0.2) is 0 Å². The van der Waals surface area contributed by atoms with E-state index >= 15 is 0 Å². The molecule has 20 heavy (non-hydrogen) atoms. The predicted molar refractivity (Wildman–Crippen MR) is 88.4 cm³/mol. The first-order valence-corrected chi connectivity index (χ1v) is 8.54. The lowest BCUT2D eigenvalue weighted by atomic mass is 9.70. The van der Waals surface area contributed by atoms with Gasteiger partial charge in [-0.15, -0.1) is 0 Å². The SMILES string of the molecule is CCCC1CCC(CN)C(Cc2cccc(Cl)c2Cl)C1. The Bertz CT molecular complexity index is 433. The third kappa shape index (κ3) is 3.90. The maximum absolute atomic E-state index is 6.34. The van der Waals surface area contributed by atoms with Gasteiger partial charge in [0.05, 0.1) is 10.0 Å². The number of halogens is 2. The highest BCUT2D eigenvalue weighted by Crippen LogP contribution is 2.39. The molecule has 3 atom stereocenters. The molecule has 0 saturated heterocycles. The highest BCUT2D eigenvalue weighted by Gasteiger charge is 2.29. The lowest BCUT2D eigenvalue weighted by Crippen LogP contribution is -2.31. The maximum Gasteiger partial charge on any atom is 0.0624 e. The molecule has 112 valence electrons. The van der Waals surface area contributed by atoms with Crippen LogP contribution in [0.4, 0.5) is 0 Å². The highest BCUT2D eigenvalue weighted by atomic mass is 35.5. The Kier molecular flexibility index (Phi) is 6.20. The van der Waals surface area contributed by atoms with Crippen molar-refractivity contribution in [1.29, 1.82) is 0 Å². The average molecular weight is 314 g/mol. The molecule has 0 spiro atoms. The van der Waals surface area contributed by atoms with Gasteiger partial charge in [-0.05, 0) is 55.2 Å². The summed E-state index contributed by atoms with van der Waals surface area (Å²) >= 11 is 12.5. The van der Waals surface area contributed by atoms with E-state index in [0.717, 1.165) is 23.9 Å². The van der Waals surface area contributed by atoms with Crippen molar-refractivity contribution in [3.05, 3.63) is 33.8 Å². The maximum atomic E-state index is 6.34. The molecule has 2 rings (SSSR count). The van der Waals surface area contributed by atoms with Crippen molar-refractivity contribution >= 4 is 23.2 Å². The summed E-state index contributed by atoms with van der Waals surface area (Å²) in [6, 6.07) is 5.95. The van der Waals surface area contributed by atoms with Crippen molar-refractivity contribution < 1.29 is 0 Å². The van der Waals surface area contributed by atoms with E-state index in [9.17, 15) is 0 Å². The molecule has 1 nitrogen and oxygen atoms in total. The summed E-state index contributed by atoms with van der Waals surface area (Å²) in [6.07, 6.45) is 7.54. The number of rotatable bonds is 5. The van der Waals surface area contributed by atoms with Crippen LogP contribution in [0.5, 0.6) is 0 Å². The molecule has 1 aromatic rings. The second-order valence-electron chi connectivity index (χ2n) is 6.14. The molecule has 0 heterocycles. The molecule has 2 N–H and O–H groups in total. The molecule has 3 unspecified atom stereocenters. The molecular weight excluding hydrogens is 289 g/mol. The second-order valence-corrected chi connectivity index (χ2v) is 6.93. The third-order valence-electron chi connectivity index (χ3n) is 4.76. The molecule has 1 aromatic carbocycles. The van der Waals surface area contributed by atoms with E-state index in [1.165, 1.54) is 37.7 Å². The minimum absolute atomic E-state index is 0.637. The Balaban J connectivity index is 2.09. The first-order chi connectivity index (χ1) is 9.65. The van der Waals surface area contributed by atoms with E-state index in [1.807, 2.05) is 12.1 Å². The van der Waals surface area contributed by atoms with Crippen molar-refractivity contribution in [2.24, 2.45) is 23.5 Å². The zero-order chi connectivity index (χ0) is 14.5. The quantitative estimate of drug-likeness (QED) is 0.781. The number of nitrogens with two attached hydrogens (primary N) is 1. The van der Waals surface area contributed by atoms with Gasteiger partial charge < -0.3 is 5.73 Å². The van der Waals surface area contributed by atoms with Gasteiger partial charge in [0.1, 0.15) is 0 Å². The molecule has 0 aromatic heterocycles. The van der Waals surface area contributed by atoms with Crippen LogP contribution in [-0.2, 0) is 6.42 Å². The van der Waals surface area contributed by atoms with Crippen LogP contribution >= 0.6 is 23.2 Å². The van der Waals surface area contributed by atoms with Crippen molar-refractivity contribution in [2.75, 3.05) is 6.54 Å². The van der Waals surface area contributed by atoms with Gasteiger partial charge in [0, 0.05) is 0 Å². The van der Waals surface area contributed by atoms with Crippen LogP contribution in [0.2, 0.25) is 10.0 Å². The van der Waals surface area contributed by atoms with Crippen LogP contribution in [0.3, 0.4) is 0 Å². The predicted octanol–water partition coefficient (Wildman–Crippen LogP) is 5.33. The first kappa shape index (κ1) is 16.1. The fraction of sp³-hybridized carbons (Fsp3) is 0.647. The van der Waals surface area contributed by atoms with Crippen LogP contribution < -0.4 is 5.73 Å². The minimum atomic E-state index is 0.637. The monoisotopic (exact) mass is 313 g/mol. The first-order valence-electron chi connectivity index (χ1n) is 7.78. The van der Waals surface area contributed by atoms with Crippen LogP contribution in [-0.4, -0.2) is 6.54 Å². The summed E-state index contributed by atoms with van der Waals surface area (Å²) in [5, 5.41) is 1.39. The molecule has 1 saturated carbocycles. The Labute approximate surface area is 132 Å². The summed E-state index contributed by atoms with van der Waals surface area (Å²) in [5.74, 6) is 2.16. The minimum Gasteiger partial charge on any atom is -0.330 e. The zero-order valence-electron chi connectivity index (χ0n) is 12.2. The summed E-state index contributed by atoms with van der Waals surface area (Å²) in [6.45, 7) is 3.07. The summed E-state index contributed by atoms with van der Waals surface area (Å²) in [7, 11) is 0. The van der Waals surface area contributed by atoms with Gasteiger partial charge in [-0.3, -0.25) is 0 Å². The smallest absolute Gasteiger partial charge is 0.0624 e. The van der Waals surface area contributed by atoms with E-state index in [-0.39, 0.29) is 0 Å². The molecule has 1 aliphatic rings. The zero-order valence-corrected chi connectivity index (χ0v) is 13.8. The second kappa shape index (κ2) is 7.68. The summed E-state index contributed by atoms with van der Waals surface area (Å²) in [4.78, 5) is 0. The Morgan fingerprint density at radius 1 is 1.20 bits per heavy atom. The van der Waals surface area contributed by atoms with Crippen molar-refractivity contribution in [1.82, 2.24) is 0 Å². The van der Waals surface area contributed by atoms with Gasteiger partial charge >= 0.3 is 0 Å². The molecule has 0 radical (unpaired) electrons. The van der Waals surface area contributed by atoms with Crippen LogP contribution in [0.1, 0.15) is 44.6 Å². The molecular formula is C17H25Cl2N. The number of hydrogen-bond acceptors (Lipinski definition) is 1. The van der Waals surface area contributed by atoms with E-state index in [4.69, 9.17) is 28.9 Å². The largest absolute Gasteiger partial charge is 0.330 e. The Morgan fingerprint density at radius 2 is 2.00 bits per heavy atom. The summed E-state index contributed by atoms with van der Waals surface area (Å²) < 4.78 is 0. The van der Waals surface area contributed by atoms with Crippen molar-refractivity contribution in [3.63, 3.8) is 0 Å². The van der Waals surface area contributed by atoms with Crippen LogP contribution in [0.25, 0.3) is 0 Å². The lowest BCUT2D eigenvalue weighted by Gasteiger charge is -2.36. The number of benzene rings is 1. The molecule has 1 fully saturated rings. The van der Waals surface area contributed by atoms with Gasteiger partial charge in [-0.1, -0.05) is 61.5 Å². The molecule has 0 bridgehead atoms. The van der Waals surface area contributed by atoms with Crippen LogP contribution in [0, 0.1) is 17.8 Å². The molecule has 3 heteroatoms. The topological polar surface area (TPSA) is 26.0 Å². The van der Waals surface area contributed by atoms with E-state index in [2.05, 4.69) is 13.0 Å². The standard InChI is InChI=1S/C17H25Cl2N/c1-2-4-12-7-8-14(11-20)15(9-12)10-13-5-3-6-16(18)17(13)19/h3,5-6,12,14-15H,2,4,7-11,20H2,1H3.